The van der Waals surface area contributed by atoms with Crippen molar-refractivity contribution in [3.05, 3.63) is 0 Å². The molecule has 1 amide bonds. The fourth-order valence-corrected chi connectivity index (χ4v) is 3.69. The van der Waals surface area contributed by atoms with E-state index >= 15 is 0 Å². The average molecular weight is 283 g/mol. The molecular weight excluding hydrogens is 258 g/mol. The number of hydrogen-bond donors (Lipinski definition) is 1. The molecule has 0 aromatic rings. The highest BCUT2D eigenvalue weighted by Gasteiger charge is 2.60. The fourth-order valence-electron chi connectivity index (χ4n) is 3.69. The van der Waals surface area contributed by atoms with Gasteiger partial charge < -0.3 is 14.9 Å². The SMILES string of the molecule is CCN1CC(C)C2(C1)C(=O)N(CCC(=O)O)C(C)N2C. The van der Waals surface area contributed by atoms with Crippen molar-refractivity contribution < 1.29 is 14.7 Å². The summed E-state index contributed by atoms with van der Waals surface area (Å²) in [7, 11) is 1.99. The van der Waals surface area contributed by atoms with Crippen LogP contribution in [0.15, 0.2) is 0 Å². The smallest absolute Gasteiger partial charge is 0.305 e. The van der Waals surface area contributed by atoms with Gasteiger partial charge in [0.25, 0.3) is 0 Å². The van der Waals surface area contributed by atoms with Gasteiger partial charge in [-0.3, -0.25) is 14.5 Å². The van der Waals surface area contributed by atoms with Crippen molar-refractivity contribution >= 4 is 11.9 Å². The van der Waals surface area contributed by atoms with E-state index in [0.29, 0.717) is 6.54 Å². The molecule has 1 N–H and O–H groups in total. The van der Waals surface area contributed by atoms with Crippen molar-refractivity contribution in [2.75, 3.05) is 33.2 Å². The Bertz CT molecular complexity index is 414. The summed E-state index contributed by atoms with van der Waals surface area (Å²) in [5.41, 5.74) is -0.478. The normalized spacial score (nSPS) is 35.4. The summed E-state index contributed by atoms with van der Waals surface area (Å²) in [6.07, 6.45) is -0.0348. The number of nitrogens with zero attached hydrogens (tertiary/aromatic N) is 3. The number of amides is 1. The van der Waals surface area contributed by atoms with Crippen molar-refractivity contribution in [3.63, 3.8) is 0 Å². The van der Waals surface area contributed by atoms with Gasteiger partial charge in [0, 0.05) is 19.6 Å². The summed E-state index contributed by atoms with van der Waals surface area (Å²) in [6.45, 7) is 9.11. The molecule has 6 nitrogen and oxygen atoms in total. The van der Waals surface area contributed by atoms with Crippen LogP contribution in [0.25, 0.3) is 0 Å². The standard InChI is InChI=1S/C14H25N3O3/c1-5-16-8-10(2)14(9-16)13(20)17(7-6-12(18)19)11(3)15(14)4/h10-11H,5-9H2,1-4H3,(H,18,19). The Morgan fingerprint density at radius 1 is 1.45 bits per heavy atom. The highest BCUT2D eigenvalue weighted by Crippen LogP contribution is 2.40. The summed E-state index contributed by atoms with van der Waals surface area (Å²) in [5, 5.41) is 8.84. The molecule has 2 aliphatic rings. The number of rotatable bonds is 4. The summed E-state index contributed by atoms with van der Waals surface area (Å²) >= 11 is 0. The average Bonchev–Trinajstić information content (AvgIpc) is 2.82. The minimum Gasteiger partial charge on any atom is -0.481 e. The van der Waals surface area contributed by atoms with Crippen LogP contribution in [-0.4, -0.2) is 76.6 Å². The Labute approximate surface area is 120 Å². The van der Waals surface area contributed by atoms with E-state index in [1.807, 2.05) is 14.0 Å². The van der Waals surface area contributed by atoms with Gasteiger partial charge in [-0.05, 0) is 26.4 Å². The van der Waals surface area contributed by atoms with E-state index in [1.165, 1.54) is 0 Å². The van der Waals surface area contributed by atoms with Crippen LogP contribution in [0.4, 0.5) is 0 Å². The Morgan fingerprint density at radius 2 is 2.10 bits per heavy atom. The van der Waals surface area contributed by atoms with Gasteiger partial charge in [0.2, 0.25) is 5.91 Å². The molecule has 0 aromatic carbocycles. The summed E-state index contributed by atoms with van der Waals surface area (Å²) in [5.74, 6) is -0.502. The molecular formula is C14H25N3O3. The van der Waals surface area contributed by atoms with Crippen LogP contribution in [0.1, 0.15) is 27.2 Å². The number of likely N-dealkylation sites (tertiary alicyclic amines) is 1. The second-order valence-corrected chi connectivity index (χ2v) is 6.04. The third kappa shape index (κ3) is 2.11. The van der Waals surface area contributed by atoms with Crippen LogP contribution in [0.3, 0.4) is 0 Å². The molecule has 2 aliphatic heterocycles. The van der Waals surface area contributed by atoms with Gasteiger partial charge in [-0.1, -0.05) is 13.8 Å². The first-order valence-electron chi connectivity index (χ1n) is 7.32. The number of aliphatic carboxylic acids is 1. The van der Waals surface area contributed by atoms with Crippen molar-refractivity contribution in [2.24, 2.45) is 5.92 Å². The number of carboxylic acid groups (broad SMARTS) is 1. The predicted octanol–water partition coefficient (Wildman–Crippen LogP) is 0.292. The quantitative estimate of drug-likeness (QED) is 0.803. The molecule has 2 saturated heterocycles. The third-order valence-electron chi connectivity index (χ3n) is 5.10. The molecule has 20 heavy (non-hydrogen) atoms. The Hall–Kier alpha value is -1.14. The first-order chi connectivity index (χ1) is 9.34. The van der Waals surface area contributed by atoms with Crippen LogP contribution < -0.4 is 0 Å². The molecule has 0 radical (unpaired) electrons. The number of carboxylic acids is 1. The van der Waals surface area contributed by atoms with Crippen molar-refractivity contribution in [2.45, 2.75) is 38.9 Å². The predicted molar refractivity (Wildman–Crippen MR) is 75.2 cm³/mol. The molecule has 3 unspecified atom stereocenters. The Kier molecular flexibility index (Phi) is 4.07. The summed E-state index contributed by atoms with van der Waals surface area (Å²) in [4.78, 5) is 29.8. The molecule has 2 fully saturated rings. The lowest BCUT2D eigenvalue weighted by Crippen LogP contribution is -2.54. The van der Waals surface area contributed by atoms with Gasteiger partial charge >= 0.3 is 5.97 Å². The molecule has 114 valence electrons. The van der Waals surface area contributed by atoms with Crippen LogP contribution in [-0.2, 0) is 9.59 Å². The van der Waals surface area contributed by atoms with E-state index in [4.69, 9.17) is 5.11 Å². The molecule has 0 aliphatic carbocycles. The van der Waals surface area contributed by atoms with Crippen molar-refractivity contribution in [3.8, 4) is 0 Å². The van der Waals surface area contributed by atoms with Crippen molar-refractivity contribution in [1.82, 2.24) is 14.7 Å². The van der Waals surface area contributed by atoms with Crippen LogP contribution >= 0.6 is 0 Å². The first kappa shape index (κ1) is 15.3. The van der Waals surface area contributed by atoms with Crippen LogP contribution in [0, 0.1) is 5.92 Å². The second kappa shape index (κ2) is 5.33. The van der Waals surface area contributed by atoms with Gasteiger partial charge in [0.1, 0.15) is 5.54 Å². The maximum atomic E-state index is 12.9. The van der Waals surface area contributed by atoms with Gasteiger partial charge in [0.15, 0.2) is 0 Å². The fraction of sp³-hybridized carbons (Fsp3) is 0.857. The van der Waals surface area contributed by atoms with Crippen LogP contribution in [0.2, 0.25) is 0 Å². The summed E-state index contributed by atoms with van der Waals surface area (Å²) in [6, 6.07) is 0. The monoisotopic (exact) mass is 283 g/mol. The molecule has 1 spiro atoms. The maximum Gasteiger partial charge on any atom is 0.305 e. The van der Waals surface area contributed by atoms with E-state index in [1.54, 1.807) is 4.90 Å². The lowest BCUT2D eigenvalue weighted by atomic mass is 9.87. The lowest BCUT2D eigenvalue weighted by molar-refractivity contribution is -0.139. The molecule has 0 bridgehead atoms. The molecule has 0 saturated carbocycles. The van der Waals surface area contributed by atoms with E-state index in [0.717, 1.165) is 19.6 Å². The molecule has 2 rings (SSSR count). The number of likely N-dealkylation sites (N-methyl/N-ethyl adjacent to an activating group) is 2. The first-order valence-corrected chi connectivity index (χ1v) is 7.32. The molecule has 2 heterocycles. The number of carbonyl (C=O) groups excluding carboxylic acids is 1. The molecule has 6 heteroatoms. The number of hydrogen-bond acceptors (Lipinski definition) is 4. The zero-order valence-electron chi connectivity index (χ0n) is 12.8. The molecule has 0 aromatic heterocycles. The topological polar surface area (TPSA) is 64.1 Å². The Morgan fingerprint density at radius 3 is 2.60 bits per heavy atom. The Balaban J connectivity index is 2.23. The largest absolute Gasteiger partial charge is 0.481 e. The van der Waals surface area contributed by atoms with Gasteiger partial charge in [0.05, 0.1) is 12.6 Å². The van der Waals surface area contributed by atoms with Crippen LogP contribution in [0.5, 0.6) is 0 Å². The zero-order chi connectivity index (χ0) is 15.1. The highest BCUT2D eigenvalue weighted by molar-refractivity contribution is 5.90. The highest BCUT2D eigenvalue weighted by atomic mass is 16.4. The lowest BCUT2D eigenvalue weighted by Gasteiger charge is -2.33. The minimum absolute atomic E-state index is 0.00583. The van der Waals surface area contributed by atoms with E-state index < -0.39 is 11.5 Å². The van der Waals surface area contributed by atoms with E-state index in [2.05, 4.69) is 23.6 Å². The van der Waals surface area contributed by atoms with Crippen molar-refractivity contribution in [1.29, 1.82) is 0 Å². The van der Waals surface area contributed by atoms with E-state index in [-0.39, 0.29) is 24.4 Å². The number of carbonyl (C=O) groups is 2. The van der Waals surface area contributed by atoms with E-state index in [9.17, 15) is 9.59 Å². The second-order valence-electron chi connectivity index (χ2n) is 6.04. The van der Waals surface area contributed by atoms with Gasteiger partial charge in [-0.2, -0.15) is 0 Å². The minimum atomic E-state index is -0.858. The molecule has 3 atom stereocenters. The zero-order valence-corrected chi connectivity index (χ0v) is 12.8. The summed E-state index contributed by atoms with van der Waals surface area (Å²) < 4.78 is 0. The third-order valence-corrected chi connectivity index (χ3v) is 5.10. The maximum absolute atomic E-state index is 12.9. The van der Waals surface area contributed by atoms with Gasteiger partial charge in [-0.15, -0.1) is 0 Å². The van der Waals surface area contributed by atoms with Gasteiger partial charge in [-0.25, -0.2) is 0 Å².